The predicted octanol–water partition coefficient (Wildman–Crippen LogP) is 1.71. The third-order valence-electron chi connectivity index (χ3n) is 3.09. The molecule has 0 aliphatic carbocycles. The van der Waals surface area contributed by atoms with E-state index < -0.39 is 17.8 Å². The molecule has 0 radical (unpaired) electrons. The van der Waals surface area contributed by atoms with Crippen molar-refractivity contribution in [1.82, 2.24) is 15.0 Å². The molecule has 0 N–H and O–H groups in total. The van der Waals surface area contributed by atoms with Crippen LogP contribution in [0.25, 0.3) is 10.6 Å². The van der Waals surface area contributed by atoms with Gasteiger partial charge in [-0.1, -0.05) is 11.2 Å². The molecule has 0 saturated carbocycles. The lowest BCUT2D eigenvalue weighted by atomic mass is 10.3. The van der Waals surface area contributed by atoms with Crippen molar-refractivity contribution in [2.24, 2.45) is 0 Å². The van der Waals surface area contributed by atoms with Gasteiger partial charge < -0.3 is 4.52 Å². The van der Waals surface area contributed by atoms with Crippen molar-refractivity contribution in [3.63, 3.8) is 0 Å². The minimum absolute atomic E-state index is 0.0746. The largest absolute Gasteiger partial charge is 0.355 e. The minimum Gasteiger partial charge on any atom is -0.355 e. The van der Waals surface area contributed by atoms with Crippen LogP contribution in [0.3, 0.4) is 0 Å². The van der Waals surface area contributed by atoms with Crippen LogP contribution < -0.4 is 0 Å². The van der Waals surface area contributed by atoms with Crippen LogP contribution in [0.4, 0.5) is 4.79 Å². The van der Waals surface area contributed by atoms with E-state index in [9.17, 15) is 14.4 Å². The molecule has 1 aliphatic heterocycles. The second kappa shape index (κ2) is 5.13. The number of likely N-dealkylation sites (N-methyl/N-ethyl adjacent to an activating group) is 1. The molecule has 1 aliphatic rings. The van der Waals surface area contributed by atoms with Crippen molar-refractivity contribution < 1.29 is 18.9 Å². The second-order valence-corrected chi connectivity index (χ2v) is 5.33. The zero-order valence-corrected chi connectivity index (χ0v) is 11.9. The molecule has 3 rings (SSSR count). The highest BCUT2D eigenvalue weighted by Gasteiger charge is 2.43. The highest BCUT2D eigenvalue weighted by atomic mass is 32.1. The molecule has 7 nitrogen and oxygen atoms in total. The van der Waals surface area contributed by atoms with E-state index in [-0.39, 0.29) is 13.1 Å². The van der Waals surface area contributed by atoms with Gasteiger partial charge in [0.25, 0.3) is 0 Å². The average molecular weight is 305 g/mol. The van der Waals surface area contributed by atoms with Crippen LogP contribution in [0.5, 0.6) is 0 Å². The Kier molecular flexibility index (Phi) is 3.30. The van der Waals surface area contributed by atoms with Gasteiger partial charge in [0.15, 0.2) is 5.76 Å². The van der Waals surface area contributed by atoms with E-state index in [1.807, 2.05) is 17.5 Å². The van der Waals surface area contributed by atoms with Gasteiger partial charge >= 0.3 is 17.8 Å². The number of hydrogen-bond donors (Lipinski definition) is 0. The van der Waals surface area contributed by atoms with Gasteiger partial charge in [-0.05, 0) is 18.4 Å². The van der Waals surface area contributed by atoms with Crippen LogP contribution in [0.15, 0.2) is 28.1 Å². The summed E-state index contributed by atoms with van der Waals surface area (Å²) in [5.41, 5.74) is 0.422. The molecular weight excluding hydrogens is 294 g/mol. The molecule has 1 fully saturated rings. The maximum atomic E-state index is 12.0. The van der Waals surface area contributed by atoms with Crippen LogP contribution in [0.1, 0.15) is 12.6 Å². The van der Waals surface area contributed by atoms with Gasteiger partial charge in [0.1, 0.15) is 5.69 Å². The maximum absolute atomic E-state index is 12.0. The summed E-state index contributed by atoms with van der Waals surface area (Å²) in [4.78, 5) is 38.0. The topological polar surface area (TPSA) is 83.7 Å². The highest BCUT2D eigenvalue weighted by molar-refractivity contribution is 7.13. The minimum atomic E-state index is -0.831. The van der Waals surface area contributed by atoms with E-state index in [0.717, 1.165) is 14.7 Å². The summed E-state index contributed by atoms with van der Waals surface area (Å²) in [6.07, 6.45) is 0. The van der Waals surface area contributed by atoms with Gasteiger partial charge in [0, 0.05) is 12.6 Å². The van der Waals surface area contributed by atoms with Gasteiger partial charge in [-0.2, -0.15) is 0 Å². The summed E-state index contributed by atoms with van der Waals surface area (Å²) in [7, 11) is 0. The lowest BCUT2D eigenvalue weighted by Crippen LogP contribution is -2.32. The van der Waals surface area contributed by atoms with E-state index in [1.54, 1.807) is 13.0 Å². The molecular formula is C13H11N3O4S. The number of rotatable bonds is 4. The van der Waals surface area contributed by atoms with Crippen molar-refractivity contribution in [3.8, 4) is 10.6 Å². The number of nitrogens with zero attached hydrogens (tertiary/aromatic N) is 3. The monoisotopic (exact) mass is 305 g/mol. The molecule has 108 valence electrons. The van der Waals surface area contributed by atoms with Crippen molar-refractivity contribution in [2.45, 2.75) is 13.5 Å². The number of carbonyl (C=O) groups is 3. The Morgan fingerprint density at radius 3 is 2.62 bits per heavy atom. The first kappa shape index (κ1) is 13.5. The average Bonchev–Trinajstić information content (AvgIpc) is 3.18. The number of imide groups is 2. The Morgan fingerprint density at radius 1 is 1.24 bits per heavy atom. The van der Waals surface area contributed by atoms with Crippen molar-refractivity contribution in [1.29, 1.82) is 0 Å². The first-order chi connectivity index (χ1) is 10.1. The molecule has 8 heteroatoms. The van der Waals surface area contributed by atoms with Crippen molar-refractivity contribution >= 4 is 29.2 Å². The Bertz CT molecular complexity index is 707. The van der Waals surface area contributed by atoms with Crippen LogP contribution in [0, 0.1) is 0 Å². The third-order valence-corrected chi connectivity index (χ3v) is 3.98. The smallest absolute Gasteiger partial charge is 0.334 e. The molecule has 0 aromatic carbocycles. The molecule has 3 heterocycles. The fourth-order valence-corrected chi connectivity index (χ4v) is 2.73. The summed E-state index contributed by atoms with van der Waals surface area (Å²) in [5.74, 6) is -1.07. The highest BCUT2D eigenvalue weighted by Crippen LogP contribution is 2.26. The van der Waals surface area contributed by atoms with E-state index >= 15 is 0 Å². The van der Waals surface area contributed by atoms with Gasteiger partial charge in [0.05, 0.1) is 11.4 Å². The van der Waals surface area contributed by atoms with Crippen LogP contribution >= 0.6 is 11.3 Å². The zero-order valence-electron chi connectivity index (χ0n) is 11.1. The molecule has 0 unspecified atom stereocenters. The molecule has 0 bridgehead atoms. The summed E-state index contributed by atoms with van der Waals surface area (Å²) >= 11 is 1.49. The standard InChI is InChI=1S/C13H11N3O4S/c1-2-15-11(17)12(18)16(13(15)19)7-8-6-9(20-14-8)10-4-3-5-21-10/h3-6H,2,7H2,1H3. The fourth-order valence-electron chi connectivity index (χ4n) is 2.05. The van der Waals surface area contributed by atoms with E-state index in [2.05, 4.69) is 5.16 Å². The first-order valence-corrected chi connectivity index (χ1v) is 7.16. The van der Waals surface area contributed by atoms with Crippen LogP contribution in [0.2, 0.25) is 0 Å². The van der Waals surface area contributed by atoms with Gasteiger partial charge in [-0.25, -0.2) is 9.69 Å². The van der Waals surface area contributed by atoms with E-state index in [1.165, 1.54) is 11.3 Å². The summed E-state index contributed by atoms with van der Waals surface area (Å²) in [5, 5.41) is 5.74. The van der Waals surface area contributed by atoms with Gasteiger partial charge in [-0.15, -0.1) is 11.3 Å². The predicted molar refractivity (Wildman–Crippen MR) is 73.1 cm³/mol. The second-order valence-electron chi connectivity index (χ2n) is 4.38. The number of aromatic nitrogens is 1. The summed E-state index contributed by atoms with van der Waals surface area (Å²) in [6.45, 7) is 1.73. The number of hydrogen-bond acceptors (Lipinski definition) is 6. The van der Waals surface area contributed by atoms with Crippen molar-refractivity contribution in [3.05, 3.63) is 29.3 Å². The third kappa shape index (κ3) is 2.23. The number of amides is 4. The van der Waals surface area contributed by atoms with Gasteiger partial charge in [0.2, 0.25) is 0 Å². The molecule has 0 spiro atoms. The van der Waals surface area contributed by atoms with Crippen molar-refractivity contribution in [2.75, 3.05) is 6.54 Å². The lowest BCUT2D eigenvalue weighted by Gasteiger charge is -2.12. The first-order valence-electron chi connectivity index (χ1n) is 6.28. The van der Waals surface area contributed by atoms with Crippen LogP contribution in [-0.4, -0.2) is 39.3 Å². The Morgan fingerprint density at radius 2 is 2.00 bits per heavy atom. The molecule has 21 heavy (non-hydrogen) atoms. The Labute approximate surface area is 123 Å². The van der Waals surface area contributed by atoms with Gasteiger partial charge in [-0.3, -0.25) is 14.5 Å². The Balaban J connectivity index is 1.80. The SMILES string of the molecule is CCN1C(=O)C(=O)N(Cc2cc(-c3cccs3)on2)C1=O. The van der Waals surface area contributed by atoms with Crippen LogP contribution in [-0.2, 0) is 16.1 Å². The number of urea groups is 1. The maximum Gasteiger partial charge on any atom is 0.334 e. The molecule has 4 amide bonds. The normalized spacial score (nSPS) is 15.4. The number of carbonyl (C=O) groups excluding carboxylic acids is 3. The Hall–Kier alpha value is -2.48. The quantitative estimate of drug-likeness (QED) is 0.634. The number of thiophene rings is 1. The lowest BCUT2D eigenvalue weighted by molar-refractivity contribution is -0.143. The summed E-state index contributed by atoms with van der Waals surface area (Å²) in [6, 6.07) is 4.80. The van der Waals surface area contributed by atoms with E-state index in [4.69, 9.17) is 4.52 Å². The van der Waals surface area contributed by atoms with E-state index in [0.29, 0.717) is 11.5 Å². The zero-order chi connectivity index (χ0) is 15.0. The molecule has 1 saturated heterocycles. The molecule has 0 atom stereocenters. The fraction of sp³-hybridized carbons (Fsp3) is 0.231. The molecule has 2 aromatic rings. The summed E-state index contributed by atoms with van der Waals surface area (Å²) < 4.78 is 5.18. The molecule has 2 aromatic heterocycles.